The van der Waals surface area contributed by atoms with E-state index in [4.69, 9.17) is 0 Å². The summed E-state index contributed by atoms with van der Waals surface area (Å²) in [7, 11) is 0. The molecule has 2 rings (SSSR count). The number of aromatic nitrogens is 1. The van der Waals surface area contributed by atoms with Crippen LogP contribution < -0.4 is 5.32 Å². The number of hydrogen-bond donors (Lipinski definition) is 1. The first kappa shape index (κ1) is 15.8. The van der Waals surface area contributed by atoms with Crippen molar-refractivity contribution in [1.29, 1.82) is 0 Å². The summed E-state index contributed by atoms with van der Waals surface area (Å²) in [4.78, 5) is 3.84. The van der Waals surface area contributed by atoms with Gasteiger partial charge in [0.1, 0.15) is 5.82 Å². The van der Waals surface area contributed by atoms with E-state index < -0.39 is 11.7 Å². The van der Waals surface area contributed by atoms with Crippen molar-refractivity contribution in [3.8, 4) is 0 Å². The Balaban J connectivity index is 2.24. The summed E-state index contributed by atoms with van der Waals surface area (Å²) in [6.45, 7) is 2.32. The quantitative estimate of drug-likeness (QED) is 0.828. The molecule has 0 amide bonds. The van der Waals surface area contributed by atoms with Gasteiger partial charge in [-0.25, -0.2) is 4.98 Å². The van der Waals surface area contributed by atoms with Crippen LogP contribution in [-0.2, 0) is 19.1 Å². The van der Waals surface area contributed by atoms with Gasteiger partial charge in [0.05, 0.1) is 5.56 Å². The fourth-order valence-electron chi connectivity index (χ4n) is 2.05. The molecule has 2 nitrogen and oxygen atoms in total. The number of benzene rings is 1. The number of anilines is 1. The average Bonchev–Trinajstić information content (AvgIpc) is 2.45. The number of nitrogens with one attached hydrogen (secondary N) is 1. The third-order valence-electron chi connectivity index (χ3n) is 3.11. The molecule has 0 saturated heterocycles. The van der Waals surface area contributed by atoms with Crippen molar-refractivity contribution in [2.45, 2.75) is 26.1 Å². The minimum atomic E-state index is -4.44. The molecule has 1 heterocycles. The van der Waals surface area contributed by atoms with Crippen LogP contribution in [0.2, 0.25) is 0 Å². The molecule has 1 aromatic heterocycles. The first-order chi connectivity index (χ1) is 9.91. The maximum absolute atomic E-state index is 13.0. The lowest BCUT2D eigenvalue weighted by atomic mass is 10.1. The molecule has 0 atom stereocenters. The molecule has 6 heteroatoms. The van der Waals surface area contributed by atoms with Gasteiger partial charge in [-0.3, -0.25) is 0 Å². The Morgan fingerprint density at radius 3 is 2.48 bits per heavy atom. The second-order valence-electron chi connectivity index (χ2n) is 4.52. The first-order valence-corrected chi connectivity index (χ1v) is 7.24. The van der Waals surface area contributed by atoms with Crippen LogP contribution in [0.5, 0.6) is 0 Å². The zero-order valence-electron chi connectivity index (χ0n) is 11.3. The summed E-state index contributed by atoms with van der Waals surface area (Å²) in [5, 5.41) is 2.79. The smallest absolute Gasteiger partial charge is 0.365 e. The zero-order chi connectivity index (χ0) is 15.5. The van der Waals surface area contributed by atoms with Crippen molar-refractivity contribution in [1.82, 2.24) is 4.98 Å². The second-order valence-corrected chi connectivity index (χ2v) is 5.44. The maximum Gasteiger partial charge on any atom is 0.419 e. The molecule has 0 aliphatic rings. The Labute approximate surface area is 129 Å². The van der Waals surface area contributed by atoms with Crippen LogP contribution >= 0.6 is 15.9 Å². The Hall–Kier alpha value is -1.56. The van der Waals surface area contributed by atoms with Crippen LogP contribution in [0.3, 0.4) is 0 Å². The minimum Gasteiger partial charge on any atom is -0.365 e. The van der Waals surface area contributed by atoms with E-state index in [1.54, 1.807) is 0 Å². The number of halogens is 4. The predicted molar refractivity (Wildman–Crippen MR) is 80.1 cm³/mol. The van der Waals surface area contributed by atoms with E-state index in [-0.39, 0.29) is 5.82 Å². The molecule has 0 aliphatic heterocycles. The molecule has 0 aliphatic carbocycles. The van der Waals surface area contributed by atoms with E-state index in [0.717, 1.165) is 23.6 Å². The van der Waals surface area contributed by atoms with E-state index in [2.05, 4.69) is 26.2 Å². The van der Waals surface area contributed by atoms with Gasteiger partial charge in [0, 0.05) is 17.2 Å². The van der Waals surface area contributed by atoms with Crippen molar-refractivity contribution in [2.24, 2.45) is 0 Å². The van der Waals surface area contributed by atoms with Crippen molar-refractivity contribution >= 4 is 21.7 Å². The zero-order valence-corrected chi connectivity index (χ0v) is 12.9. The average molecular weight is 359 g/mol. The lowest BCUT2D eigenvalue weighted by Crippen LogP contribution is -2.13. The topological polar surface area (TPSA) is 24.9 Å². The van der Waals surface area contributed by atoms with Crippen LogP contribution in [0.25, 0.3) is 0 Å². The molecule has 2 aromatic rings. The first-order valence-electron chi connectivity index (χ1n) is 6.45. The monoisotopic (exact) mass is 358 g/mol. The SMILES string of the molecule is CCc1ccccc1CNc1ncc(Br)cc1C(F)(F)F. The number of rotatable bonds is 4. The molecule has 112 valence electrons. The number of pyridine rings is 1. The van der Waals surface area contributed by atoms with Gasteiger partial charge in [-0.2, -0.15) is 13.2 Å². The van der Waals surface area contributed by atoms with E-state index in [0.29, 0.717) is 11.0 Å². The van der Waals surface area contributed by atoms with E-state index in [1.165, 1.54) is 6.20 Å². The highest BCUT2D eigenvalue weighted by molar-refractivity contribution is 9.10. The summed E-state index contributed by atoms with van der Waals surface area (Å²) in [5.41, 5.74) is 1.30. The lowest BCUT2D eigenvalue weighted by Gasteiger charge is -2.15. The van der Waals surface area contributed by atoms with Gasteiger partial charge in [-0.05, 0) is 39.5 Å². The molecule has 0 radical (unpaired) electrons. The molecular formula is C15H14BrF3N2. The van der Waals surface area contributed by atoms with E-state index in [1.807, 2.05) is 31.2 Å². The number of nitrogens with zero attached hydrogens (tertiary/aromatic N) is 1. The maximum atomic E-state index is 13.0. The third-order valence-corrected chi connectivity index (χ3v) is 3.54. The lowest BCUT2D eigenvalue weighted by molar-refractivity contribution is -0.137. The van der Waals surface area contributed by atoms with Crippen LogP contribution in [0, 0.1) is 0 Å². The summed E-state index contributed by atoms with van der Waals surface area (Å²) in [6.07, 6.45) is -2.26. The Morgan fingerprint density at radius 2 is 1.86 bits per heavy atom. The molecule has 0 spiro atoms. The fraction of sp³-hybridized carbons (Fsp3) is 0.267. The van der Waals surface area contributed by atoms with Crippen molar-refractivity contribution in [3.63, 3.8) is 0 Å². The molecule has 0 bridgehead atoms. The normalized spacial score (nSPS) is 11.5. The standard InChI is InChI=1S/C15H14BrF3N2/c1-2-10-5-3-4-6-11(10)8-20-14-13(15(17,18)19)7-12(16)9-21-14/h3-7,9H,2,8H2,1H3,(H,20,21). The number of hydrogen-bond acceptors (Lipinski definition) is 2. The summed E-state index contributed by atoms with van der Waals surface area (Å²) < 4.78 is 39.3. The third kappa shape index (κ3) is 3.97. The Bertz CT molecular complexity index is 627. The molecule has 21 heavy (non-hydrogen) atoms. The Morgan fingerprint density at radius 1 is 1.19 bits per heavy atom. The van der Waals surface area contributed by atoms with Crippen LogP contribution in [0.15, 0.2) is 41.0 Å². The minimum absolute atomic E-state index is 0.156. The van der Waals surface area contributed by atoms with Crippen molar-refractivity contribution in [2.75, 3.05) is 5.32 Å². The Kier molecular flexibility index (Phi) is 4.88. The van der Waals surface area contributed by atoms with Gasteiger partial charge < -0.3 is 5.32 Å². The van der Waals surface area contributed by atoms with Crippen LogP contribution in [0.4, 0.5) is 19.0 Å². The van der Waals surface area contributed by atoms with Gasteiger partial charge in [-0.1, -0.05) is 31.2 Å². The van der Waals surface area contributed by atoms with E-state index >= 15 is 0 Å². The fourth-order valence-corrected chi connectivity index (χ4v) is 2.38. The van der Waals surface area contributed by atoms with Crippen molar-refractivity contribution in [3.05, 3.63) is 57.7 Å². The highest BCUT2D eigenvalue weighted by Crippen LogP contribution is 2.35. The van der Waals surface area contributed by atoms with Crippen LogP contribution in [0.1, 0.15) is 23.6 Å². The number of alkyl halides is 3. The highest BCUT2D eigenvalue weighted by atomic mass is 79.9. The summed E-state index contributed by atoms with van der Waals surface area (Å²) >= 11 is 3.02. The molecule has 1 aromatic carbocycles. The second kappa shape index (κ2) is 6.47. The van der Waals surface area contributed by atoms with Gasteiger partial charge in [0.2, 0.25) is 0 Å². The van der Waals surface area contributed by atoms with Crippen LogP contribution in [-0.4, -0.2) is 4.98 Å². The van der Waals surface area contributed by atoms with Gasteiger partial charge in [-0.15, -0.1) is 0 Å². The molecule has 0 fully saturated rings. The molecular weight excluding hydrogens is 345 g/mol. The number of aryl methyl sites for hydroxylation is 1. The summed E-state index contributed by atoms with van der Waals surface area (Å²) in [5.74, 6) is -0.156. The molecule has 0 saturated carbocycles. The predicted octanol–water partition coefficient (Wildman–Crippen LogP) is 5.04. The van der Waals surface area contributed by atoms with Gasteiger partial charge in [0.25, 0.3) is 0 Å². The van der Waals surface area contributed by atoms with E-state index in [9.17, 15) is 13.2 Å². The molecule has 0 unspecified atom stereocenters. The largest absolute Gasteiger partial charge is 0.419 e. The molecule has 1 N–H and O–H groups in total. The van der Waals surface area contributed by atoms with Crippen molar-refractivity contribution < 1.29 is 13.2 Å². The van der Waals surface area contributed by atoms with Gasteiger partial charge >= 0.3 is 6.18 Å². The summed E-state index contributed by atoms with van der Waals surface area (Å²) in [6, 6.07) is 8.69. The van der Waals surface area contributed by atoms with Gasteiger partial charge in [0.15, 0.2) is 0 Å². The highest BCUT2D eigenvalue weighted by Gasteiger charge is 2.34.